The van der Waals surface area contributed by atoms with E-state index >= 15 is 0 Å². The van der Waals surface area contributed by atoms with Crippen LogP contribution in [-0.2, 0) is 6.54 Å². The molecule has 0 aromatic carbocycles. The zero-order valence-corrected chi connectivity index (χ0v) is 12.6. The first kappa shape index (κ1) is 12.2. The monoisotopic (exact) mass is 314 g/mol. The van der Waals surface area contributed by atoms with Crippen molar-refractivity contribution in [2.45, 2.75) is 25.9 Å². The van der Waals surface area contributed by atoms with Crippen LogP contribution in [0.5, 0.6) is 0 Å². The van der Waals surface area contributed by atoms with Gasteiger partial charge < -0.3 is 5.32 Å². The summed E-state index contributed by atoms with van der Waals surface area (Å²) in [6.07, 6.45) is 1.29. The van der Waals surface area contributed by atoms with E-state index in [9.17, 15) is 0 Å². The Morgan fingerprint density at radius 3 is 3.12 bits per heavy atom. The minimum absolute atomic E-state index is 0.788. The lowest BCUT2D eigenvalue weighted by atomic mass is 9.93. The van der Waals surface area contributed by atoms with Gasteiger partial charge in [-0.2, -0.15) is 0 Å². The lowest BCUT2D eigenvalue weighted by molar-refractivity contribution is 0.212. The van der Waals surface area contributed by atoms with E-state index in [4.69, 9.17) is 0 Å². The molecule has 2 aliphatic rings. The molecule has 2 saturated heterocycles. The molecule has 0 saturated carbocycles. The van der Waals surface area contributed by atoms with Gasteiger partial charge in [0.1, 0.15) is 0 Å². The summed E-state index contributed by atoms with van der Waals surface area (Å²) in [5, 5.41) is 5.73. The fourth-order valence-electron chi connectivity index (χ4n) is 3.49. The zero-order chi connectivity index (χ0) is 11.8. The van der Waals surface area contributed by atoms with Crippen molar-refractivity contribution in [3.8, 4) is 0 Å². The van der Waals surface area contributed by atoms with Crippen LogP contribution in [0.25, 0.3) is 0 Å². The van der Waals surface area contributed by atoms with E-state index in [1.165, 1.54) is 35.4 Å². The third-order valence-electron chi connectivity index (χ3n) is 4.22. The van der Waals surface area contributed by atoms with Crippen LogP contribution < -0.4 is 5.32 Å². The third-order valence-corrected chi connectivity index (χ3v) is 5.91. The molecule has 94 valence electrons. The molecule has 2 aliphatic heterocycles. The van der Waals surface area contributed by atoms with Crippen molar-refractivity contribution in [1.82, 2.24) is 10.2 Å². The Morgan fingerprint density at radius 1 is 1.53 bits per heavy atom. The van der Waals surface area contributed by atoms with Gasteiger partial charge in [0.2, 0.25) is 0 Å². The van der Waals surface area contributed by atoms with Crippen molar-refractivity contribution in [1.29, 1.82) is 0 Å². The summed E-state index contributed by atoms with van der Waals surface area (Å²) >= 11 is 5.42. The van der Waals surface area contributed by atoms with Gasteiger partial charge in [-0.3, -0.25) is 4.90 Å². The molecule has 4 heteroatoms. The molecular formula is C13H19BrN2S. The smallest absolute Gasteiger partial charge is 0.0331 e. The van der Waals surface area contributed by atoms with Gasteiger partial charge in [0, 0.05) is 33.9 Å². The highest BCUT2D eigenvalue weighted by atomic mass is 79.9. The van der Waals surface area contributed by atoms with E-state index in [1.807, 2.05) is 11.3 Å². The topological polar surface area (TPSA) is 15.3 Å². The van der Waals surface area contributed by atoms with E-state index in [0.717, 1.165) is 24.4 Å². The maximum atomic E-state index is 3.55. The van der Waals surface area contributed by atoms with Gasteiger partial charge in [0.15, 0.2) is 0 Å². The third kappa shape index (κ3) is 2.33. The number of thiophene rings is 1. The molecule has 0 radical (unpaired) electrons. The number of hydrogen-bond acceptors (Lipinski definition) is 3. The van der Waals surface area contributed by atoms with Crippen LogP contribution in [-0.4, -0.2) is 30.6 Å². The van der Waals surface area contributed by atoms with Gasteiger partial charge in [-0.1, -0.05) is 6.92 Å². The second-order valence-electron chi connectivity index (χ2n) is 5.22. The molecule has 2 fully saturated rings. The summed E-state index contributed by atoms with van der Waals surface area (Å²) < 4.78 is 1.23. The average molecular weight is 315 g/mol. The van der Waals surface area contributed by atoms with E-state index in [1.54, 1.807) is 0 Å². The predicted octanol–water partition coefficient (Wildman–Crippen LogP) is 2.94. The highest BCUT2D eigenvalue weighted by molar-refractivity contribution is 9.10. The quantitative estimate of drug-likeness (QED) is 0.922. The van der Waals surface area contributed by atoms with Crippen LogP contribution in [0.4, 0.5) is 0 Å². The fraction of sp³-hybridized carbons (Fsp3) is 0.692. The Bertz CT molecular complexity index is 393. The summed E-state index contributed by atoms with van der Waals surface area (Å²) in [5.41, 5.74) is 0. The number of rotatable bonds is 3. The minimum Gasteiger partial charge on any atom is -0.316 e. The molecule has 0 bridgehead atoms. The molecule has 0 aliphatic carbocycles. The van der Waals surface area contributed by atoms with E-state index in [-0.39, 0.29) is 0 Å². The Labute approximate surface area is 116 Å². The molecule has 3 unspecified atom stereocenters. The summed E-state index contributed by atoms with van der Waals surface area (Å²) in [6.45, 7) is 7.22. The predicted molar refractivity (Wildman–Crippen MR) is 76.4 cm³/mol. The Morgan fingerprint density at radius 2 is 2.41 bits per heavy atom. The number of fused-ring (bicyclic) bond motifs is 1. The molecule has 3 rings (SSSR count). The van der Waals surface area contributed by atoms with Crippen molar-refractivity contribution in [2.24, 2.45) is 11.8 Å². The second-order valence-corrected chi connectivity index (χ2v) is 7.13. The molecule has 3 heterocycles. The first-order chi connectivity index (χ1) is 8.28. The normalized spacial score (nSPS) is 33.2. The summed E-state index contributed by atoms with van der Waals surface area (Å²) in [4.78, 5) is 4.19. The van der Waals surface area contributed by atoms with Gasteiger partial charge in [-0.15, -0.1) is 11.3 Å². The lowest BCUT2D eigenvalue weighted by Gasteiger charge is -2.26. The molecule has 1 N–H and O–H groups in total. The highest BCUT2D eigenvalue weighted by Crippen LogP contribution is 2.36. The van der Waals surface area contributed by atoms with Gasteiger partial charge in [0.05, 0.1) is 0 Å². The van der Waals surface area contributed by atoms with Crippen LogP contribution in [0.1, 0.15) is 18.2 Å². The van der Waals surface area contributed by atoms with Crippen molar-refractivity contribution < 1.29 is 0 Å². The zero-order valence-electron chi connectivity index (χ0n) is 10.2. The van der Waals surface area contributed by atoms with E-state index in [0.29, 0.717) is 0 Å². The van der Waals surface area contributed by atoms with Crippen molar-refractivity contribution in [2.75, 3.05) is 19.6 Å². The van der Waals surface area contributed by atoms with E-state index < -0.39 is 0 Å². The molecule has 0 amide bonds. The molecule has 1 aromatic rings. The molecule has 2 nitrogen and oxygen atoms in total. The maximum absolute atomic E-state index is 3.55. The van der Waals surface area contributed by atoms with Crippen LogP contribution in [0.3, 0.4) is 0 Å². The van der Waals surface area contributed by atoms with Gasteiger partial charge in [-0.05, 0) is 53.3 Å². The number of hydrogen-bond donors (Lipinski definition) is 1. The SMILES string of the molecule is CCC1C2CNCC2CN1Cc1cc(Br)cs1. The Balaban J connectivity index is 1.71. The summed E-state index contributed by atoms with van der Waals surface area (Å²) in [6, 6.07) is 3.06. The first-order valence-corrected chi connectivity index (χ1v) is 8.13. The van der Waals surface area contributed by atoms with Crippen molar-refractivity contribution >= 4 is 27.3 Å². The fourth-order valence-corrected chi connectivity index (χ4v) is 4.97. The average Bonchev–Trinajstić information content (AvgIpc) is 2.95. The Hall–Kier alpha value is 0.1000. The number of halogens is 1. The maximum Gasteiger partial charge on any atom is 0.0331 e. The van der Waals surface area contributed by atoms with Gasteiger partial charge in [-0.25, -0.2) is 0 Å². The molecule has 17 heavy (non-hydrogen) atoms. The van der Waals surface area contributed by atoms with Crippen LogP contribution >= 0.6 is 27.3 Å². The molecule has 3 atom stereocenters. The van der Waals surface area contributed by atoms with Crippen LogP contribution in [0, 0.1) is 11.8 Å². The molecular weight excluding hydrogens is 296 g/mol. The lowest BCUT2D eigenvalue weighted by Crippen LogP contribution is -2.34. The van der Waals surface area contributed by atoms with E-state index in [2.05, 4.69) is 44.5 Å². The van der Waals surface area contributed by atoms with Gasteiger partial charge >= 0.3 is 0 Å². The minimum atomic E-state index is 0.788. The van der Waals surface area contributed by atoms with Crippen molar-refractivity contribution in [3.05, 3.63) is 20.8 Å². The Kier molecular flexibility index (Phi) is 3.57. The molecule has 0 spiro atoms. The summed E-state index contributed by atoms with van der Waals surface area (Å²) in [7, 11) is 0. The molecule has 1 aromatic heterocycles. The first-order valence-electron chi connectivity index (χ1n) is 6.45. The number of likely N-dealkylation sites (tertiary alicyclic amines) is 1. The van der Waals surface area contributed by atoms with Gasteiger partial charge in [0.25, 0.3) is 0 Å². The van der Waals surface area contributed by atoms with Crippen molar-refractivity contribution in [3.63, 3.8) is 0 Å². The highest BCUT2D eigenvalue weighted by Gasteiger charge is 2.42. The number of nitrogens with zero attached hydrogens (tertiary/aromatic N) is 1. The van der Waals surface area contributed by atoms with Crippen LogP contribution in [0.15, 0.2) is 15.9 Å². The number of nitrogens with one attached hydrogen (secondary N) is 1. The largest absolute Gasteiger partial charge is 0.316 e. The summed E-state index contributed by atoms with van der Waals surface area (Å²) in [5.74, 6) is 1.78. The standard InChI is InChI=1S/C13H19BrN2S/c1-2-13-12-5-15-4-9(12)6-16(13)7-11-3-10(14)8-17-11/h3,8-9,12-13,15H,2,4-7H2,1H3. The van der Waals surface area contributed by atoms with Crippen LogP contribution in [0.2, 0.25) is 0 Å². The second kappa shape index (κ2) is 5.00.